The minimum absolute atomic E-state index is 0. The van der Waals surface area contributed by atoms with E-state index >= 15 is 0 Å². The summed E-state index contributed by atoms with van der Waals surface area (Å²) in [6.07, 6.45) is 0. The summed E-state index contributed by atoms with van der Waals surface area (Å²) >= 11 is 0. The van der Waals surface area contributed by atoms with Crippen LogP contribution >= 0.6 is 24.8 Å². The molecule has 0 saturated carbocycles. The molecule has 0 saturated heterocycles. The smallest absolute Gasteiger partial charge is 1.00 e. The third-order valence-electron chi connectivity index (χ3n) is 0. The molecule has 0 aliphatic rings. The van der Waals surface area contributed by atoms with Crippen molar-refractivity contribution in [1.82, 2.24) is 0 Å². The van der Waals surface area contributed by atoms with Crippen LogP contribution in [-0.2, 0) is 0 Å². The van der Waals surface area contributed by atoms with Crippen molar-refractivity contribution in [3.8, 4) is 0 Å². The van der Waals surface area contributed by atoms with Gasteiger partial charge >= 0.3 is 91.0 Å². The molecule has 24 valence electrons. The Kier molecular flexibility index (Phi) is 103. The SMILES string of the molecule is Cl.Cl.[H-].[H-].[H-].[H-].[Sr+2].[Sr+2]. The van der Waals surface area contributed by atoms with Crippen molar-refractivity contribution in [2.45, 2.75) is 0 Å². The first kappa shape index (κ1) is 25.7. The summed E-state index contributed by atoms with van der Waals surface area (Å²) in [4.78, 5) is 0. The topological polar surface area (TPSA) is 0 Å². The Morgan fingerprint density at radius 1 is 0.750 bits per heavy atom. The van der Waals surface area contributed by atoms with Crippen molar-refractivity contribution in [1.29, 1.82) is 0 Å². The second-order valence-corrected chi connectivity index (χ2v) is 0. The molecular formula is H6Cl2Sr2. The molecule has 0 rings (SSSR count). The normalized spacial score (nSPS) is 0. The van der Waals surface area contributed by atoms with E-state index in [1.54, 1.807) is 0 Å². The summed E-state index contributed by atoms with van der Waals surface area (Å²) in [5.41, 5.74) is 0. The summed E-state index contributed by atoms with van der Waals surface area (Å²) < 4.78 is 0. The fraction of sp³-hybridized carbons (Fsp3) is 0. The number of hydrogen-bond acceptors (Lipinski definition) is 0. The van der Waals surface area contributed by atoms with Crippen molar-refractivity contribution >= 4 is 116 Å². The van der Waals surface area contributed by atoms with Gasteiger partial charge in [-0.05, 0) is 0 Å². The first-order chi connectivity index (χ1) is 0. The second-order valence-electron chi connectivity index (χ2n) is 0. The zero-order chi connectivity index (χ0) is 0. The van der Waals surface area contributed by atoms with Crippen LogP contribution in [0.15, 0.2) is 0 Å². The molecule has 0 bridgehead atoms. The Morgan fingerprint density at radius 2 is 0.750 bits per heavy atom. The minimum Gasteiger partial charge on any atom is -1.00 e. The fourth-order valence-corrected chi connectivity index (χ4v) is 0. The average molecular weight is 252 g/mol. The van der Waals surface area contributed by atoms with Crippen LogP contribution in [0.3, 0.4) is 0 Å². The van der Waals surface area contributed by atoms with Crippen LogP contribution in [0.4, 0.5) is 0 Å². The van der Waals surface area contributed by atoms with Gasteiger partial charge in [-0.2, -0.15) is 0 Å². The Labute approximate surface area is 118 Å². The molecule has 0 aliphatic heterocycles. The van der Waals surface area contributed by atoms with Crippen LogP contribution in [-0.4, -0.2) is 91.0 Å². The third-order valence-corrected chi connectivity index (χ3v) is 0. The second kappa shape index (κ2) is 16.0. The fourth-order valence-electron chi connectivity index (χ4n) is 0. The van der Waals surface area contributed by atoms with Gasteiger partial charge in [0.15, 0.2) is 0 Å². The van der Waals surface area contributed by atoms with E-state index in [4.69, 9.17) is 0 Å². The van der Waals surface area contributed by atoms with E-state index in [0.717, 1.165) is 0 Å². The van der Waals surface area contributed by atoms with Crippen molar-refractivity contribution in [2.75, 3.05) is 0 Å². The number of hydrogen-bond donors (Lipinski definition) is 0. The molecule has 0 N–H and O–H groups in total. The molecule has 0 unspecified atom stereocenters. The summed E-state index contributed by atoms with van der Waals surface area (Å²) in [5, 5.41) is 0. The summed E-state index contributed by atoms with van der Waals surface area (Å²) in [7, 11) is 0. The summed E-state index contributed by atoms with van der Waals surface area (Å²) in [6, 6.07) is 0. The van der Waals surface area contributed by atoms with Crippen LogP contribution < -0.4 is 0 Å². The van der Waals surface area contributed by atoms with Gasteiger partial charge in [0, 0.05) is 0 Å². The Bertz CT molecular complexity index is 12.0. The molecule has 0 nitrogen and oxygen atoms in total. The molecule has 0 fully saturated rings. The Morgan fingerprint density at radius 3 is 0.750 bits per heavy atom. The quantitative estimate of drug-likeness (QED) is 0.552. The molecule has 4 heteroatoms. The average Bonchev–Trinajstić information content (AvgIpc) is 0. The van der Waals surface area contributed by atoms with Gasteiger partial charge in [-0.25, -0.2) is 0 Å². The molecular weight excluding hydrogens is 246 g/mol. The maximum atomic E-state index is 0. The zero-order valence-electron chi connectivity index (χ0n) is 6.23. The van der Waals surface area contributed by atoms with E-state index in [2.05, 4.69) is 0 Å². The van der Waals surface area contributed by atoms with Gasteiger partial charge in [0.05, 0.1) is 0 Å². The summed E-state index contributed by atoms with van der Waals surface area (Å²) in [6.45, 7) is 0. The van der Waals surface area contributed by atoms with Gasteiger partial charge in [0.1, 0.15) is 0 Å². The van der Waals surface area contributed by atoms with Crippen LogP contribution in [0.5, 0.6) is 0 Å². The van der Waals surface area contributed by atoms with Gasteiger partial charge in [0.2, 0.25) is 0 Å². The standard InChI is InChI=1S/2ClH.2Sr.4H/h2*1H;;;;;;/q;;2*+2;4*-1. The van der Waals surface area contributed by atoms with Crippen LogP contribution in [0, 0.1) is 0 Å². The molecule has 0 aromatic heterocycles. The first-order valence-corrected chi connectivity index (χ1v) is 0. The molecule has 4 heavy (non-hydrogen) atoms. The monoisotopic (exact) mass is 252 g/mol. The Balaban J connectivity index is 0. The molecule has 0 amide bonds. The molecule has 0 radical (unpaired) electrons. The van der Waals surface area contributed by atoms with Crippen LogP contribution in [0.1, 0.15) is 5.71 Å². The summed E-state index contributed by atoms with van der Waals surface area (Å²) in [5.74, 6) is 0. The maximum Gasteiger partial charge on any atom is 2.00 e. The predicted octanol–water partition coefficient (Wildman–Crippen LogP) is 0.532. The third kappa shape index (κ3) is 9.11. The van der Waals surface area contributed by atoms with E-state index in [9.17, 15) is 0 Å². The molecule has 0 atom stereocenters. The molecule has 0 aliphatic carbocycles. The Hall–Kier alpha value is 3.54. The molecule has 0 spiro atoms. The van der Waals surface area contributed by atoms with E-state index in [1.165, 1.54) is 0 Å². The van der Waals surface area contributed by atoms with Crippen molar-refractivity contribution in [3.63, 3.8) is 0 Å². The van der Waals surface area contributed by atoms with Gasteiger partial charge in [-0.1, -0.05) is 0 Å². The largest absolute Gasteiger partial charge is 2.00 e. The first-order valence-electron chi connectivity index (χ1n) is 0. The van der Waals surface area contributed by atoms with Gasteiger partial charge in [-0.15, -0.1) is 24.8 Å². The van der Waals surface area contributed by atoms with E-state index in [0.29, 0.717) is 0 Å². The van der Waals surface area contributed by atoms with Gasteiger partial charge in [0.25, 0.3) is 0 Å². The predicted molar refractivity (Wildman–Crippen MR) is 30.5 cm³/mol. The molecule has 0 aromatic rings. The molecule has 0 heterocycles. The maximum absolute atomic E-state index is 0. The number of rotatable bonds is 0. The minimum atomic E-state index is 0. The van der Waals surface area contributed by atoms with E-state index in [1.807, 2.05) is 0 Å². The van der Waals surface area contributed by atoms with Gasteiger partial charge in [-0.3, -0.25) is 0 Å². The van der Waals surface area contributed by atoms with Crippen LogP contribution in [0.2, 0.25) is 0 Å². The van der Waals surface area contributed by atoms with Crippen molar-refractivity contribution in [3.05, 3.63) is 0 Å². The van der Waals surface area contributed by atoms with Crippen molar-refractivity contribution in [2.24, 2.45) is 0 Å². The van der Waals surface area contributed by atoms with Crippen LogP contribution in [0.25, 0.3) is 0 Å². The van der Waals surface area contributed by atoms with E-state index in [-0.39, 0.29) is 121 Å². The van der Waals surface area contributed by atoms with E-state index < -0.39 is 0 Å². The van der Waals surface area contributed by atoms with Gasteiger partial charge < -0.3 is 5.71 Å². The molecule has 0 aromatic carbocycles. The number of halogens is 2. The van der Waals surface area contributed by atoms with Crippen molar-refractivity contribution < 1.29 is 5.71 Å². The zero-order valence-corrected chi connectivity index (χ0v) is 10.8.